The van der Waals surface area contributed by atoms with Crippen LogP contribution in [0.2, 0.25) is 0 Å². The maximum atomic E-state index is 11.9. The molecule has 8 heteroatoms. The molecule has 0 aromatic heterocycles. The van der Waals surface area contributed by atoms with E-state index in [0.717, 1.165) is 0 Å². The topological polar surface area (TPSA) is 84.9 Å². The molecule has 1 rings (SSSR count). The van der Waals surface area contributed by atoms with Crippen LogP contribution < -0.4 is 5.32 Å². The molecule has 1 aliphatic rings. The molecule has 0 aromatic carbocycles. The zero-order valence-electron chi connectivity index (χ0n) is 10.7. The van der Waals surface area contributed by atoms with Crippen LogP contribution in [0.5, 0.6) is 0 Å². The number of nitrogens with one attached hydrogen (secondary N) is 1. The number of hydrogen-bond acceptors (Lipinski definition) is 5. The van der Waals surface area contributed by atoms with Gasteiger partial charge in [0.25, 0.3) is 0 Å². The molecule has 1 saturated heterocycles. The Kier molecular flexibility index (Phi) is 5.83. The van der Waals surface area contributed by atoms with Crippen molar-refractivity contribution in [1.29, 1.82) is 0 Å². The number of nitrogens with zero attached hydrogens (tertiary/aromatic N) is 1. The summed E-state index contributed by atoms with van der Waals surface area (Å²) < 4.78 is 32.6. The summed E-state index contributed by atoms with van der Waals surface area (Å²) in [4.78, 5) is 13.4. The summed E-state index contributed by atoms with van der Waals surface area (Å²) in [6.45, 7) is 0.838. The second-order valence-electron chi connectivity index (χ2n) is 4.16. The molecule has 0 saturated carbocycles. The predicted octanol–water partition coefficient (Wildman–Crippen LogP) is -0.565. The molecule has 1 heterocycles. The van der Waals surface area contributed by atoms with E-state index in [1.165, 1.54) is 19.1 Å². The Morgan fingerprint density at radius 2 is 2.11 bits per heavy atom. The normalized spacial score (nSPS) is 21.8. The van der Waals surface area contributed by atoms with Gasteiger partial charge in [-0.25, -0.2) is 13.2 Å². The first-order chi connectivity index (χ1) is 8.50. The van der Waals surface area contributed by atoms with Gasteiger partial charge >= 0.3 is 6.03 Å². The number of urea groups is 1. The molecule has 1 aliphatic heterocycles. The van der Waals surface area contributed by atoms with E-state index in [-0.39, 0.29) is 30.3 Å². The van der Waals surface area contributed by atoms with Crippen molar-refractivity contribution in [3.8, 4) is 0 Å². The fourth-order valence-corrected chi connectivity index (χ4v) is 3.63. The summed E-state index contributed by atoms with van der Waals surface area (Å²) in [6, 6.07) is -0.599. The zero-order chi connectivity index (χ0) is 13.6. The van der Waals surface area contributed by atoms with Crippen molar-refractivity contribution in [2.45, 2.75) is 12.5 Å². The molecule has 106 valence electrons. The largest absolute Gasteiger partial charge is 0.383 e. The Hall–Kier alpha value is -0.860. The Bertz CT molecular complexity index is 370. The van der Waals surface area contributed by atoms with Crippen LogP contribution in [-0.2, 0) is 19.3 Å². The SMILES string of the molecule is COCCN(C(=O)NCOC)C1CCS(=O)(=O)C1. The van der Waals surface area contributed by atoms with Gasteiger partial charge in [-0.05, 0) is 6.42 Å². The summed E-state index contributed by atoms with van der Waals surface area (Å²) in [5.41, 5.74) is 0. The molecule has 1 N–H and O–H groups in total. The molecule has 0 bridgehead atoms. The Labute approximate surface area is 107 Å². The quantitative estimate of drug-likeness (QED) is 0.659. The molecule has 0 spiro atoms. The molecule has 1 unspecified atom stereocenters. The third-order valence-corrected chi connectivity index (χ3v) is 4.56. The molecule has 18 heavy (non-hydrogen) atoms. The maximum absolute atomic E-state index is 11.9. The first kappa shape index (κ1) is 15.2. The van der Waals surface area contributed by atoms with Gasteiger partial charge in [0.15, 0.2) is 9.84 Å². The lowest BCUT2D eigenvalue weighted by Crippen LogP contribution is -2.48. The van der Waals surface area contributed by atoms with Crippen molar-refractivity contribution in [2.75, 3.05) is 45.6 Å². The number of sulfone groups is 1. The van der Waals surface area contributed by atoms with Crippen molar-refractivity contribution in [2.24, 2.45) is 0 Å². The molecular formula is C10H20N2O5S. The van der Waals surface area contributed by atoms with Gasteiger partial charge in [-0.1, -0.05) is 0 Å². The van der Waals surface area contributed by atoms with Gasteiger partial charge in [-0.3, -0.25) is 0 Å². The van der Waals surface area contributed by atoms with E-state index in [1.54, 1.807) is 0 Å². The van der Waals surface area contributed by atoms with E-state index >= 15 is 0 Å². The number of amides is 2. The van der Waals surface area contributed by atoms with E-state index in [0.29, 0.717) is 19.6 Å². The third-order valence-electron chi connectivity index (χ3n) is 2.81. The van der Waals surface area contributed by atoms with Crippen LogP contribution in [0.15, 0.2) is 0 Å². The summed E-state index contributed by atoms with van der Waals surface area (Å²) in [5, 5.41) is 2.56. The lowest BCUT2D eigenvalue weighted by Gasteiger charge is -2.28. The molecule has 1 atom stereocenters. The minimum atomic E-state index is -3.01. The summed E-state index contributed by atoms with van der Waals surface area (Å²) >= 11 is 0. The summed E-state index contributed by atoms with van der Waals surface area (Å²) in [6.07, 6.45) is 0.479. The molecule has 0 aliphatic carbocycles. The average molecular weight is 280 g/mol. The van der Waals surface area contributed by atoms with Crippen molar-refractivity contribution in [3.63, 3.8) is 0 Å². The van der Waals surface area contributed by atoms with Crippen LogP contribution >= 0.6 is 0 Å². The van der Waals surface area contributed by atoms with Gasteiger partial charge in [-0.2, -0.15) is 0 Å². The number of methoxy groups -OCH3 is 2. The van der Waals surface area contributed by atoms with Gasteiger partial charge in [0.05, 0.1) is 18.1 Å². The second-order valence-corrected chi connectivity index (χ2v) is 6.39. The van der Waals surface area contributed by atoms with Crippen LogP contribution in [0.4, 0.5) is 4.79 Å². The lowest BCUT2D eigenvalue weighted by molar-refractivity contribution is 0.120. The minimum absolute atomic E-state index is 0.0249. The number of carbonyl (C=O) groups is 1. The van der Waals surface area contributed by atoms with E-state index in [2.05, 4.69) is 5.32 Å². The molecule has 0 radical (unpaired) electrons. The average Bonchev–Trinajstić information content (AvgIpc) is 2.67. The lowest BCUT2D eigenvalue weighted by atomic mass is 10.2. The molecule has 0 aromatic rings. The number of rotatable bonds is 6. The van der Waals surface area contributed by atoms with Crippen molar-refractivity contribution in [3.05, 3.63) is 0 Å². The van der Waals surface area contributed by atoms with Gasteiger partial charge in [0, 0.05) is 26.8 Å². The predicted molar refractivity (Wildman–Crippen MR) is 66.0 cm³/mol. The van der Waals surface area contributed by atoms with Crippen molar-refractivity contribution < 1.29 is 22.7 Å². The fraction of sp³-hybridized carbons (Fsp3) is 0.900. The smallest absolute Gasteiger partial charge is 0.319 e. The molecule has 1 fully saturated rings. The van der Waals surface area contributed by atoms with E-state index in [9.17, 15) is 13.2 Å². The van der Waals surface area contributed by atoms with E-state index in [1.807, 2.05) is 0 Å². The summed E-state index contributed by atoms with van der Waals surface area (Å²) in [7, 11) is -0.00293. The highest BCUT2D eigenvalue weighted by atomic mass is 32.2. The van der Waals surface area contributed by atoms with Crippen molar-refractivity contribution in [1.82, 2.24) is 10.2 Å². The van der Waals surface area contributed by atoms with Gasteiger partial charge in [0.1, 0.15) is 6.73 Å². The standard InChI is InChI=1S/C10H20N2O5S/c1-16-5-4-12(10(13)11-8-17-2)9-3-6-18(14,15)7-9/h9H,3-8H2,1-2H3,(H,11,13). The fourth-order valence-electron chi connectivity index (χ4n) is 1.90. The van der Waals surface area contributed by atoms with Crippen LogP contribution in [-0.4, -0.2) is 71.0 Å². The van der Waals surface area contributed by atoms with Gasteiger partial charge in [-0.15, -0.1) is 0 Å². The van der Waals surface area contributed by atoms with Crippen molar-refractivity contribution >= 4 is 15.9 Å². The second kappa shape index (κ2) is 6.91. The van der Waals surface area contributed by atoms with E-state index in [4.69, 9.17) is 9.47 Å². The highest BCUT2D eigenvalue weighted by Crippen LogP contribution is 2.17. The van der Waals surface area contributed by atoms with Crippen LogP contribution in [0.3, 0.4) is 0 Å². The highest BCUT2D eigenvalue weighted by molar-refractivity contribution is 7.91. The minimum Gasteiger partial charge on any atom is -0.383 e. The molecular weight excluding hydrogens is 260 g/mol. The third kappa shape index (κ3) is 4.43. The van der Waals surface area contributed by atoms with Crippen LogP contribution in [0, 0.1) is 0 Å². The number of ether oxygens (including phenoxy) is 2. The maximum Gasteiger partial charge on any atom is 0.319 e. The molecule has 2 amide bonds. The Balaban J connectivity index is 2.63. The first-order valence-corrected chi connectivity index (χ1v) is 7.55. The van der Waals surface area contributed by atoms with E-state index < -0.39 is 9.84 Å². The summed E-state index contributed by atoms with van der Waals surface area (Å²) in [5.74, 6) is 0.163. The highest BCUT2D eigenvalue weighted by Gasteiger charge is 2.34. The Morgan fingerprint density at radius 1 is 1.39 bits per heavy atom. The first-order valence-electron chi connectivity index (χ1n) is 5.73. The monoisotopic (exact) mass is 280 g/mol. The number of carbonyl (C=O) groups excluding carboxylic acids is 1. The van der Waals surface area contributed by atoms with Crippen LogP contribution in [0.1, 0.15) is 6.42 Å². The molecule has 7 nitrogen and oxygen atoms in total. The zero-order valence-corrected chi connectivity index (χ0v) is 11.5. The van der Waals surface area contributed by atoms with Crippen LogP contribution in [0.25, 0.3) is 0 Å². The van der Waals surface area contributed by atoms with Gasteiger partial charge < -0.3 is 19.7 Å². The number of hydrogen-bond donors (Lipinski definition) is 1. The Morgan fingerprint density at radius 3 is 2.61 bits per heavy atom. The van der Waals surface area contributed by atoms with Gasteiger partial charge in [0.2, 0.25) is 0 Å².